The van der Waals surface area contributed by atoms with E-state index in [1.807, 2.05) is 38.2 Å². The van der Waals surface area contributed by atoms with Gasteiger partial charge in [0.15, 0.2) is 0 Å². The minimum absolute atomic E-state index is 0.723. The number of rotatable bonds is 3. The molecule has 0 amide bonds. The third-order valence-corrected chi connectivity index (χ3v) is 3.37. The lowest BCUT2D eigenvalue weighted by atomic mass is 10.1. The number of nitriles is 1. The minimum atomic E-state index is 0.723. The first kappa shape index (κ1) is 11.6. The van der Waals surface area contributed by atoms with Crippen molar-refractivity contribution in [2.45, 2.75) is 20.4 Å². The van der Waals surface area contributed by atoms with Gasteiger partial charge >= 0.3 is 0 Å². The van der Waals surface area contributed by atoms with Crippen LogP contribution in [-0.4, -0.2) is 4.98 Å². The van der Waals surface area contributed by atoms with Crippen LogP contribution in [0.5, 0.6) is 0 Å². The molecule has 0 aliphatic rings. The number of thiazole rings is 1. The molecule has 0 aliphatic carbocycles. The normalized spacial score (nSPS) is 9.94. The van der Waals surface area contributed by atoms with Crippen LogP contribution in [0.4, 0.5) is 5.69 Å². The van der Waals surface area contributed by atoms with Crippen LogP contribution in [-0.2, 0) is 6.54 Å². The number of hydrogen-bond acceptors (Lipinski definition) is 4. The van der Waals surface area contributed by atoms with Crippen LogP contribution in [0.25, 0.3) is 0 Å². The Kier molecular flexibility index (Phi) is 3.40. The number of benzene rings is 1. The first-order chi connectivity index (χ1) is 8.19. The van der Waals surface area contributed by atoms with Gasteiger partial charge in [0.2, 0.25) is 0 Å². The van der Waals surface area contributed by atoms with Crippen molar-refractivity contribution in [1.82, 2.24) is 4.98 Å². The van der Waals surface area contributed by atoms with Crippen molar-refractivity contribution in [3.63, 3.8) is 0 Å². The average molecular weight is 243 g/mol. The fraction of sp³-hybridized carbons (Fsp3) is 0.231. The molecule has 0 atom stereocenters. The Hall–Kier alpha value is -1.86. The molecule has 1 heterocycles. The first-order valence-corrected chi connectivity index (χ1v) is 6.16. The summed E-state index contributed by atoms with van der Waals surface area (Å²) in [4.78, 5) is 5.51. The summed E-state index contributed by atoms with van der Waals surface area (Å²) < 4.78 is 0. The molecule has 0 fully saturated rings. The van der Waals surface area contributed by atoms with Crippen LogP contribution in [0.3, 0.4) is 0 Å². The van der Waals surface area contributed by atoms with Crippen LogP contribution in [0, 0.1) is 25.2 Å². The van der Waals surface area contributed by atoms with Gasteiger partial charge in [-0.1, -0.05) is 0 Å². The topological polar surface area (TPSA) is 48.7 Å². The highest BCUT2D eigenvalue weighted by Crippen LogP contribution is 2.17. The molecule has 86 valence electrons. The Balaban J connectivity index is 2.05. The molecular formula is C13H13N3S. The molecule has 2 aromatic rings. The number of aromatic nitrogens is 1. The fourth-order valence-electron chi connectivity index (χ4n) is 1.56. The van der Waals surface area contributed by atoms with E-state index in [9.17, 15) is 0 Å². The number of nitrogens with one attached hydrogen (secondary N) is 1. The van der Waals surface area contributed by atoms with Gasteiger partial charge in [-0.2, -0.15) is 5.26 Å². The van der Waals surface area contributed by atoms with Crippen LogP contribution < -0.4 is 5.32 Å². The van der Waals surface area contributed by atoms with Gasteiger partial charge in [-0.3, -0.25) is 0 Å². The molecule has 0 spiro atoms. The summed E-state index contributed by atoms with van der Waals surface area (Å²) in [6.45, 7) is 4.72. The molecule has 1 N–H and O–H groups in total. The largest absolute Gasteiger partial charge is 0.379 e. The van der Waals surface area contributed by atoms with Crippen molar-refractivity contribution in [1.29, 1.82) is 5.26 Å². The van der Waals surface area contributed by atoms with E-state index in [4.69, 9.17) is 5.26 Å². The van der Waals surface area contributed by atoms with Crippen LogP contribution >= 0.6 is 11.3 Å². The zero-order valence-electron chi connectivity index (χ0n) is 9.82. The molecule has 0 saturated heterocycles. The third kappa shape index (κ3) is 2.83. The van der Waals surface area contributed by atoms with Gasteiger partial charge in [0.1, 0.15) is 5.01 Å². The lowest BCUT2D eigenvalue weighted by Gasteiger charge is -2.06. The highest BCUT2D eigenvalue weighted by molar-refractivity contribution is 7.11. The Bertz CT molecular complexity index is 566. The molecule has 17 heavy (non-hydrogen) atoms. The van der Waals surface area contributed by atoms with E-state index in [0.29, 0.717) is 0 Å². The smallest absolute Gasteiger partial charge is 0.112 e. The molecule has 4 heteroatoms. The minimum Gasteiger partial charge on any atom is -0.379 e. The molecule has 1 aromatic carbocycles. The summed E-state index contributed by atoms with van der Waals surface area (Å²) in [6, 6.07) is 7.91. The maximum absolute atomic E-state index is 8.84. The van der Waals surface area contributed by atoms with E-state index >= 15 is 0 Å². The van der Waals surface area contributed by atoms with Crippen molar-refractivity contribution < 1.29 is 0 Å². The maximum Gasteiger partial charge on any atom is 0.112 e. The zero-order valence-corrected chi connectivity index (χ0v) is 10.6. The second kappa shape index (κ2) is 4.98. The monoisotopic (exact) mass is 243 g/mol. The lowest BCUT2D eigenvalue weighted by Crippen LogP contribution is -1.99. The van der Waals surface area contributed by atoms with Gasteiger partial charge in [-0.05, 0) is 37.6 Å². The molecule has 0 saturated carbocycles. The summed E-state index contributed by atoms with van der Waals surface area (Å²) in [7, 11) is 0. The number of nitrogens with zero attached hydrogens (tertiary/aromatic N) is 2. The van der Waals surface area contributed by atoms with E-state index in [0.717, 1.165) is 28.4 Å². The number of hydrogen-bond donors (Lipinski definition) is 1. The van der Waals surface area contributed by atoms with Crippen molar-refractivity contribution in [2.24, 2.45) is 0 Å². The second-order valence-electron chi connectivity index (χ2n) is 3.86. The second-order valence-corrected chi connectivity index (χ2v) is 5.18. The molecular weight excluding hydrogens is 230 g/mol. The molecule has 3 nitrogen and oxygen atoms in total. The molecule has 0 unspecified atom stereocenters. The van der Waals surface area contributed by atoms with E-state index in [2.05, 4.69) is 16.4 Å². The van der Waals surface area contributed by atoms with E-state index in [1.165, 1.54) is 4.88 Å². The predicted molar refractivity (Wildman–Crippen MR) is 70.1 cm³/mol. The first-order valence-electron chi connectivity index (χ1n) is 5.35. The van der Waals surface area contributed by atoms with Gasteiger partial charge in [-0.15, -0.1) is 11.3 Å². The van der Waals surface area contributed by atoms with Crippen LogP contribution in [0.15, 0.2) is 24.4 Å². The van der Waals surface area contributed by atoms with Gasteiger partial charge in [0.25, 0.3) is 0 Å². The van der Waals surface area contributed by atoms with Crippen LogP contribution in [0.2, 0.25) is 0 Å². The van der Waals surface area contributed by atoms with E-state index < -0.39 is 0 Å². The van der Waals surface area contributed by atoms with E-state index in [1.54, 1.807) is 11.3 Å². The highest BCUT2D eigenvalue weighted by atomic mass is 32.1. The quantitative estimate of drug-likeness (QED) is 0.900. The van der Waals surface area contributed by atoms with Gasteiger partial charge in [0.05, 0.1) is 18.2 Å². The number of aryl methyl sites for hydroxylation is 2. The van der Waals surface area contributed by atoms with E-state index in [-0.39, 0.29) is 0 Å². The molecule has 0 radical (unpaired) electrons. The van der Waals surface area contributed by atoms with Crippen molar-refractivity contribution in [3.8, 4) is 6.07 Å². The summed E-state index contributed by atoms with van der Waals surface area (Å²) in [5.74, 6) is 0. The molecule has 2 rings (SSSR count). The standard InChI is InChI=1S/C13H13N3S/c1-9-5-12(4-3-11(9)6-14)15-8-13-16-7-10(2)17-13/h3-5,7,15H,8H2,1-2H3. The maximum atomic E-state index is 8.84. The van der Waals surface area contributed by atoms with Gasteiger partial charge in [0, 0.05) is 16.8 Å². The summed E-state index contributed by atoms with van der Waals surface area (Å²) in [5.41, 5.74) is 2.74. The molecule has 0 aliphatic heterocycles. The fourth-order valence-corrected chi connectivity index (χ4v) is 2.29. The molecule has 0 bridgehead atoms. The Morgan fingerprint density at radius 1 is 1.41 bits per heavy atom. The molecule has 1 aromatic heterocycles. The highest BCUT2D eigenvalue weighted by Gasteiger charge is 2.01. The number of anilines is 1. The average Bonchev–Trinajstić information content (AvgIpc) is 2.73. The SMILES string of the molecule is Cc1cnc(CNc2ccc(C#N)c(C)c2)s1. The zero-order chi connectivity index (χ0) is 12.3. The predicted octanol–water partition coefficient (Wildman–Crippen LogP) is 3.24. The van der Waals surface area contributed by atoms with Gasteiger partial charge in [-0.25, -0.2) is 4.98 Å². The van der Waals surface area contributed by atoms with Crippen LogP contribution in [0.1, 0.15) is 21.0 Å². The summed E-state index contributed by atoms with van der Waals surface area (Å²) >= 11 is 1.69. The Labute approximate surface area is 105 Å². The summed E-state index contributed by atoms with van der Waals surface area (Å²) in [6.07, 6.45) is 1.88. The third-order valence-electron chi connectivity index (χ3n) is 2.46. The lowest BCUT2D eigenvalue weighted by molar-refractivity contribution is 1.10. The Morgan fingerprint density at radius 3 is 2.82 bits per heavy atom. The Morgan fingerprint density at radius 2 is 2.24 bits per heavy atom. The van der Waals surface area contributed by atoms with Gasteiger partial charge < -0.3 is 5.32 Å². The summed E-state index contributed by atoms with van der Waals surface area (Å²) in [5, 5.41) is 13.2. The van der Waals surface area contributed by atoms with Crippen molar-refractivity contribution in [2.75, 3.05) is 5.32 Å². The van der Waals surface area contributed by atoms with Crippen molar-refractivity contribution >= 4 is 17.0 Å². The van der Waals surface area contributed by atoms with Crippen molar-refractivity contribution in [3.05, 3.63) is 45.4 Å².